The minimum atomic E-state index is -0.426. The van der Waals surface area contributed by atoms with Gasteiger partial charge in [-0.15, -0.1) is 0 Å². The number of benzene rings is 1. The number of morpholine rings is 1. The Morgan fingerprint density at radius 2 is 2.32 bits per heavy atom. The molecule has 2 N–H and O–H groups in total. The zero-order chi connectivity index (χ0) is 13.8. The fraction of sp³-hybridized carbons (Fsp3) is 0.500. The first-order valence-corrected chi connectivity index (χ1v) is 6.91. The van der Waals surface area contributed by atoms with Crippen molar-refractivity contribution in [1.82, 2.24) is 4.90 Å². The van der Waals surface area contributed by atoms with Gasteiger partial charge in [0.05, 0.1) is 19.2 Å². The predicted molar refractivity (Wildman–Crippen MR) is 75.0 cm³/mol. The second-order valence-electron chi connectivity index (χ2n) is 4.68. The first-order valence-electron chi connectivity index (χ1n) is 6.54. The number of ether oxygens (including phenoxy) is 1. The lowest BCUT2D eigenvalue weighted by molar-refractivity contribution is -0.140. The van der Waals surface area contributed by atoms with Crippen LogP contribution in [0.1, 0.15) is 25.0 Å². The van der Waals surface area contributed by atoms with Gasteiger partial charge in [0.2, 0.25) is 5.91 Å². The van der Waals surface area contributed by atoms with Gasteiger partial charge in [0, 0.05) is 17.1 Å². The van der Waals surface area contributed by atoms with E-state index in [4.69, 9.17) is 22.1 Å². The maximum atomic E-state index is 12.1. The summed E-state index contributed by atoms with van der Waals surface area (Å²) in [4.78, 5) is 13.9. The minimum Gasteiger partial charge on any atom is -0.370 e. The van der Waals surface area contributed by atoms with Gasteiger partial charge in [-0.1, -0.05) is 36.7 Å². The predicted octanol–water partition coefficient (Wildman–Crippen LogP) is 1.98. The lowest BCUT2D eigenvalue weighted by atomic mass is 10.1. The third kappa shape index (κ3) is 3.26. The topological polar surface area (TPSA) is 55.6 Å². The number of hydrogen-bond donors (Lipinski definition) is 1. The number of nitrogens with two attached hydrogens (primary N) is 1. The number of rotatable bonds is 3. The summed E-state index contributed by atoms with van der Waals surface area (Å²) in [7, 11) is 0. The van der Waals surface area contributed by atoms with Crippen LogP contribution in [0.2, 0.25) is 5.02 Å². The van der Waals surface area contributed by atoms with Gasteiger partial charge in [-0.2, -0.15) is 0 Å². The monoisotopic (exact) mass is 282 g/mol. The summed E-state index contributed by atoms with van der Waals surface area (Å²) < 4.78 is 5.72. The van der Waals surface area contributed by atoms with Crippen molar-refractivity contribution < 1.29 is 9.53 Å². The average molecular weight is 283 g/mol. The molecule has 19 heavy (non-hydrogen) atoms. The van der Waals surface area contributed by atoms with Gasteiger partial charge < -0.3 is 15.4 Å². The van der Waals surface area contributed by atoms with Crippen LogP contribution in [-0.2, 0) is 9.53 Å². The fourth-order valence-corrected chi connectivity index (χ4v) is 2.44. The van der Waals surface area contributed by atoms with Crippen LogP contribution >= 0.6 is 11.6 Å². The number of hydrogen-bond acceptors (Lipinski definition) is 3. The lowest BCUT2D eigenvalue weighted by Gasteiger charge is -2.34. The maximum absolute atomic E-state index is 12.1. The molecule has 5 heteroatoms. The zero-order valence-corrected chi connectivity index (χ0v) is 11.8. The van der Waals surface area contributed by atoms with E-state index in [2.05, 4.69) is 0 Å². The number of halogens is 1. The van der Waals surface area contributed by atoms with Gasteiger partial charge in [-0.05, 0) is 12.5 Å². The van der Waals surface area contributed by atoms with Crippen LogP contribution in [0.25, 0.3) is 0 Å². The summed E-state index contributed by atoms with van der Waals surface area (Å²) in [6.45, 7) is 3.52. The number of amides is 1. The van der Waals surface area contributed by atoms with Crippen molar-refractivity contribution in [1.29, 1.82) is 0 Å². The van der Waals surface area contributed by atoms with Crippen molar-refractivity contribution in [3.63, 3.8) is 0 Å². The molecule has 1 aliphatic rings. The van der Waals surface area contributed by atoms with Gasteiger partial charge in [0.25, 0.3) is 0 Å². The molecule has 1 amide bonds. The van der Waals surface area contributed by atoms with Gasteiger partial charge in [-0.25, -0.2) is 0 Å². The normalized spacial score (nSPS) is 21.2. The van der Waals surface area contributed by atoms with E-state index < -0.39 is 6.04 Å². The molecule has 0 unspecified atom stereocenters. The highest BCUT2D eigenvalue weighted by molar-refractivity contribution is 6.31. The fourth-order valence-electron chi connectivity index (χ4n) is 2.18. The Balaban J connectivity index is 2.09. The van der Waals surface area contributed by atoms with Crippen molar-refractivity contribution in [3.05, 3.63) is 34.9 Å². The largest absolute Gasteiger partial charge is 0.370 e. The van der Waals surface area contributed by atoms with Crippen LogP contribution in [0, 0.1) is 0 Å². The molecule has 2 atom stereocenters. The molecule has 0 aromatic heterocycles. The summed E-state index contributed by atoms with van der Waals surface area (Å²) >= 11 is 6.17. The Labute approximate surface area is 118 Å². The van der Waals surface area contributed by atoms with Crippen molar-refractivity contribution >= 4 is 17.5 Å². The molecule has 4 nitrogen and oxygen atoms in total. The molecule has 0 radical (unpaired) electrons. The van der Waals surface area contributed by atoms with Crippen LogP contribution in [-0.4, -0.2) is 36.5 Å². The first kappa shape index (κ1) is 14.3. The van der Waals surface area contributed by atoms with Crippen LogP contribution in [0.5, 0.6) is 0 Å². The smallest absolute Gasteiger partial charge is 0.239 e. The van der Waals surface area contributed by atoms with Crippen molar-refractivity contribution in [2.24, 2.45) is 5.73 Å². The molecule has 1 aromatic carbocycles. The van der Waals surface area contributed by atoms with E-state index in [0.717, 1.165) is 5.56 Å². The molecule has 0 bridgehead atoms. The third-order valence-corrected chi connectivity index (χ3v) is 3.73. The first-order chi connectivity index (χ1) is 9.13. The summed E-state index contributed by atoms with van der Waals surface area (Å²) in [5.41, 5.74) is 6.73. The van der Waals surface area contributed by atoms with E-state index in [1.807, 2.05) is 31.2 Å². The summed E-state index contributed by atoms with van der Waals surface area (Å²) in [5.74, 6) is -0.0112. The van der Waals surface area contributed by atoms with E-state index in [0.29, 0.717) is 31.1 Å². The van der Waals surface area contributed by atoms with Gasteiger partial charge >= 0.3 is 0 Å². The summed E-state index contributed by atoms with van der Waals surface area (Å²) in [6, 6.07) is 7.14. The Kier molecular flexibility index (Phi) is 4.80. The minimum absolute atomic E-state index is 0.0112. The molecule has 0 aliphatic carbocycles. The molecule has 1 aromatic rings. The van der Waals surface area contributed by atoms with Gasteiger partial charge in [-0.3, -0.25) is 4.79 Å². The van der Waals surface area contributed by atoms with Crippen molar-refractivity contribution in [2.75, 3.05) is 19.7 Å². The highest BCUT2D eigenvalue weighted by Crippen LogP contribution is 2.28. The summed E-state index contributed by atoms with van der Waals surface area (Å²) in [5, 5.41) is 0.668. The van der Waals surface area contributed by atoms with E-state index in [1.165, 1.54) is 0 Å². The van der Waals surface area contributed by atoms with Gasteiger partial charge in [0.15, 0.2) is 0 Å². The Morgan fingerprint density at radius 3 is 3.00 bits per heavy atom. The van der Waals surface area contributed by atoms with E-state index in [-0.39, 0.29) is 12.0 Å². The molecule has 0 saturated carbocycles. The van der Waals surface area contributed by atoms with E-state index in [1.54, 1.807) is 4.90 Å². The lowest BCUT2D eigenvalue weighted by Crippen LogP contribution is -2.49. The van der Waals surface area contributed by atoms with Crippen LogP contribution < -0.4 is 5.73 Å². The maximum Gasteiger partial charge on any atom is 0.239 e. The van der Waals surface area contributed by atoms with Crippen LogP contribution in [0.15, 0.2) is 24.3 Å². The number of nitrogens with zero attached hydrogens (tertiary/aromatic N) is 1. The Morgan fingerprint density at radius 1 is 1.58 bits per heavy atom. The third-order valence-electron chi connectivity index (χ3n) is 3.39. The summed E-state index contributed by atoms with van der Waals surface area (Å²) in [6.07, 6.45) is 0.475. The molecule has 2 rings (SSSR count). The second kappa shape index (κ2) is 6.37. The quantitative estimate of drug-likeness (QED) is 0.922. The van der Waals surface area contributed by atoms with E-state index in [9.17, 15) is 4.79 Å². The molecule has 1 fully saturated rings. The van der Waals surface area contributed by atoms with Crippen molar-refractivity contribution in [2.45, 2.75) is 25.5 Å². The molecule has 104 valence electrons. The van der Waals surface area contributed by atoms with Crippen molar-refractivity contribution in [3.8, 4) is 0 Å². The van der Waals surface area contributed by atoms with Crippen LogP contribution in [0.3, 0.4) is 0 Å². The molecule has 0 spiro atoms. The molecule has 1 saturated heterocycles. The molecular weight excluding hydrogens is 264 g/mol. The van der Waals surface area contributed by atoms with Crippen LogP contribution in [0.4, 0.5) is 0 Å². The SMILES string of the molecule is CC[C@H](N)C(=O)N1CCO[C@H](c2ccccc2Cl)C1. The average Bonchev–Trinajstić information content (AvgIpc) is 2.46. The van der Waals surface area contributed by atoms with Gasteiger partial charge in [0.1, 0.15) is 6.10 Å². The Hall–Kier alpha value is -1.10. The second-order valence-corrected chi connectivity index (χ2v) is 5.09. The number of carbonyl (C=O) groups is 1. The zero-order valence-electron chi connectivity index (χ0n) is 11.0. The molecule has 1 heterocycles. The van der Waals surface area contributed by atoms with E-state index >= 15 is 0 Å². The highest BCUT2D eigenvalue weighted by Gasteiger charge is 2.28. The highest BCUT2D eigenvalue weighted by atomic mass is 35.5. The molecular formula is C14H19ClN2O2. The number of carbonyl (C=O) groups excluding carboxylic acids is 1. The Bertz CT molecular complexity index is 453. The standard InChI is InChI=1S/C14H19ClN2O2/c1-2-12(16)14(18)17-7-8-19-13(9-17)10-5-3-4-6-11(10)15/h3-6,12-13H,2,7-9,16H2,1H3/t12-,13-/m0/s1. The molecule has 1 aliphatic heterocycles.